The fourth-order valence-electron chi connectivity index (χ4n) is 2.30. The number of nitriles is 1. The van der Waals surface area contributed by atoms with E-state index < -0.39 is 0 Å². The number of fused-ring (bicyclic) bond motifs is 1. The molecule has 0 saturated carbocycles. The number of unbranched alkanes of at least 4 members (excludes halogenated alkanes) is 3. The van der Waals surface area contributed by atoms with E-state index in [1.807, 2.05) is 42.1 Å². The van der Waals surface area contributed by atoms with Crippen LogP contribution in [0.3, 0.4) is 0 Å². The molecule has 110 valence electrons. The Bertz CT molecular complexity index is 619. The van der Waals surface area contributed by atoms with Gasteiger partial charge >= 0.3 is 0 Å². The first-order chi connectivity index (χ1) is 10.3. The van der Waals surface area contributed by atoms with Crippen molar-refractivity contribution in [2.45, 2.75) is 25.7 Å². The Balaban J connectivity index is 1.89. The number of pyridine rings is 1. The van der Waals surface area contributed by atoms with Gasteiger partial charge < -0.3 is 5.32 Å². The van der Waals surface area contributed by atoms with Crippen molar-refractivity contribution < 1.29 is 0 Å². The van der Waals surface area contributed by atoms with Gasteiger partial charge in [-0.15, -0.1) is 0 Å². The van der Waals surface area contributed by atoms with Gasteiger partial charge in [0.05, 0.1) is 17.1 Å². The third kappa shape index (κ3) is 4.64. The van der Waals surface area contributed by atoms with Crippen molar-refractivity contribution in [1.29, 1.82) is 5.26 Å². The minimum absolute atomic E-state index is 0.683. The molecule has 1 aromatic carbocycles. The largest absolute Gasteiger partial charge is 0.370 e. The van der Waals surface area contributed by atoms with Gasteiger partial charge in [0.1, 0.15) is 5.82 Å². The van der Waals surface area contributed by atoms with E-state index >= 15 is 0 Å². The number of benzene rings is 1. The second-order valence-corrected chi connectivity index (χ2v) is 6.00. The number of thioether (sulfide) groups is 1. The van der Waals surface area contributed by atoms with Crippen LogP contribution in [-0.2, 0) is 0 Å². The predicted molar refractivity (Wildman–Crippen MR) is 91.8 cm³/mol. The molecule has 0 spiro atoms. The fourth-order valence-corrected chi connectivity index (χ4v) is 2.79. The standard InChI is InChI=1S/C17H21N3S/c1-21-11-7-3-2-6-10-19-17-12-14(13-18)15-8-4-5-9-16(15)20-17/h4-5,8-9,12H,2-3,6-7,10-11H2,1H3,(H,19,20). The van der Waals surface area contributed by atoms with Gasteiger partial charge in [0.25, 0.3) is 0 Å². The third-order valence-electron chi connectivity index (χ3n) is 3.42. The van der Waals surface area contributed by atoms with E-state index in [4.69, 9.17) is 0 Å². The SMILES string of the molecule is CSCCCCCCNc1cc(C#N)c2ccccc2n1. The lowest BCUT2D eigenvalue weighted by Crippen LogP contribution is -2.04. The molecule has 0 aliphatic heterocycles. The number of nitrogens with one attached hydrogen (secondary N) is 1. The van der Waals surface area contributed by atoms with Crippen LogP contribution < -0.4 is 5.32 Å². The van der Waals surface area contributed by atoms with Gasteiger partial charge in [0, 0.05) is 11.9 Å². The van der Waals surface area contributed by atoms with Crippen LogP contribution in [-0.4, -0.2) is 23.5 Å². The molecule has 2 aromatic rings. The summed E-state index contributed by atoms with van der Waals surface area (Å²) in [6, 6.07) is 11.9. The number of rotatable bonds is 8. The summed E-state index contributed by atoms with van der Waals surface area (Å²) in [5.41, 5.74) is 1.56. The highest BCUT2D eigenvalue weighted by molar-refractivity contribution is 7.98. The summed E-state index contributed by atoms with van der Waals surface area (Å²) in [6.07, 6.45) is 7.13. The van der Waals surface area contributed by atoms with E-state index in [0.29, 0.717) is 5.56 Å². The predicted octanol–water partition coefficient (Wildman–Crippen LogP) is 4.44. The highest BCUT2D eigenvalue weighted by atomic mass is 32.2. The maximum atomic E-state index is 9.24. The lowest BCUT2D eigenvalue weighted by atomic mass is 10.1. The van der Waals surface area contributed by atoms with Crippen LogP contribution in [0.25, 0.3) is 10.9 Å². The lowest BCUT2D eigenvalue weighted by Gasteiger charge is -2.08. The molecule has 1 heterocycles. The number of anilines is 1. The minimum Gasteiger partial charge on any atom is -0.370 e. The van der Waals surface area contributed by atoms with E-state index in [0.717, 1.165) is 29.7 Å². The van der Waals surface area contributed by atoms with Crippen LogP contribution in [0.5, 0.6) is 0 Å². The van der Waals surface area contributed by atoms with Crippen molar-refractivity contribution >= 4 is 28.5 Å². The van der Waals surface area contributed by atoms with E-state index in [9.17, 15) is 5.26 Å². The van der Waals surface area contributed by atoms with Crippen molar-refractivity contribution in [1.82, 2.24) is 4.98 Å². The number of hydrogen-bond donors (Lipinski definition) is 1. The molecule has 0 bridgehead atoms. The second kappa shape index (κ2) is 8.53. The molecule has 3 nitrogen and oxygen atoms in total. The molecule has 4 heteroatoms. The van der Waals surface area contributed by atoms with E-state index in [2.05, 4.69) is 22.6 Å². The topological polar surface area (TPSA) is 48.7 Å². The molecule has 0 radical (unpaired) electrons. The normalized spacial score (nSPS) is 10.5. The summed E-state index contributed by atoms with van der Waals surface area (Å²) in [7, 11) is 0. The highest BCUT2D eigenvalue weighted by Gasteiger charge is 2.04. The van der Waals surface area contributed by atoms with Crippen LogP contribution in [0, 0.1) is 11.3 Å². The van der Waals surface area contributed by atoms with E-state index in [1.54, 1.807) is 0 Å². The smallest absolute Gasteiger partial charge is 0.127 e. The Labute approximate surface area is 130 Å². The maximum Gasteiger partial charge on any atom is 0.127 e. The monoisotopic (exact) mass is 299 g/mol. The fraction of sp³-hybridized carbons (Fsp3) is 0.412. The van der Waals surface area contributed by atoms with Gasteiger partial charge in [-0.3, -0.25) is 0 Å². The zero-order chi connectivity index (χ0) is 14.9. The molecule has 0 aliphatic carbocycles. The van der Waals surface area contributed by atoms with Crippen molar-refractivity contribution in [2.75, 3.05) is 23.9 Å². The number of hydrogen-bond acceptors (Lipinski definition) is 4. The van der Waals surface area contributed by atoms with Gasteiger partial charge in [-0.1, -0.05) is 31.0 Å². The Morgan fingerprint density at radius 3 is 2.81 bits per heavy atom. The summed E-state index contributed by atoms with van der Waals surface area (Å²) in [4.78, 5) is 4.57. The Hall–Kier alpha value is -1.73. The van der Waals surface area contributed by atoms with E-state index in [-0.39, 0.29) is 0 Å². The molecule has 1 aromatic heterocycles. The molecule has 0 fully saturated rings. The van der Waals surface area contributed by atoms with Crippen molar-refractivity contribution in [3.8, 4) is 6.07 Å². The molecule has 0 atom stereocenters. The molecule has 1 N–H and O–H groups in total. The van der Waals surface area contributed by atoms with Crippen LogP contribution in [0.15, 0.2) is 30.3 Å². The molecular formula is C17H21N3S. The van der Waals surface area contributed by atoms with Gasteiger partial charge in [0.2, 0.25) is 0 Å². The van der Waals surface area contributed by atoms with Crippen LogP contribution in [0.4, 0.5) is 5.82 Å². The summed E-state index contributed by atoms with van der Waals surface area (Å²) < 4.78 is 0. The molecule has 21 heavy (non-hydrogen) atoms. The van der Waals surface area contributed by atoms with Gasteiger partial charge in [0.15, 0.2) is 0 Å². The molecule has 0 unspecified atom stereocenters. The van der Waals surface area contributed by atoms with Gasteiger partial charge in [-0.05, 0) is 37.0 Å². The average molecular weight is 299 g/mol. The maximum absolute atomic E-state index is 9.24. The van der Waals surface area contributed by atoms with Gasteiger partial charge in [-0.25, -0.2) is 4.98 Å². The first-order valence-electron chi connectivity index (χ1n) is 7.38. The molecule has 0 amide bonds. The quantitative estimate of drug-likeness (QED) is 0.732. The second-order valence-electron chi connectivity index (χ2n) is 5.02. The average Bonchev–Trinajstić information content (AvgIpc) is 2.53. The first-order valence-corrected chi connectivity index (χ1v) is 8.77. The van der Waals surface area contributed by atoms with Crippen molar-refractivity contribution in [3.05, 3.63) is 35.9 Å². The van der Waals surface area contributed by atoms with Crippen molar-refractivity contribution in [2.24, 2.45) is 0 Å². The van der Waals surface area contributed by atoms with Crippen LogP contribution in [0.1, 0.15) is 31.2 Å². The number of para-hydroxylation sites is 1. The summed E-state index contributed by atoms with van der Waals surface area (Å²) in [5, 5.41) is 13.5. The molecular weight excluding hydrogens is 278 g/mol. The first kappa shape index (κ1) is 15.7. The lowest BCUT2D eigenvalue weighted by molar-refractivity contribution is 0.688. The molecule has 0 aliphatic rings. The summed E-state index contributed by atoms with van der Waals surface area (Å²) >= 11 is 1.91. The van der Waals surface area contributed by atoms with Crippen molar-refractivity contribution in [3.63, 3.8) is 0 Å². The Morgan fingerprint density at radius 2 is 2.00 bits per heavy atom. The Morgan fingerprint density at radius 1 is 1.19 bits per heavy atom. The summed E-state index contributed by atoms with van der Waals surface area (Å²) in [6.45, 7) is 0.912. The molecule has 0 saturated heterocycles. The van der Waals surface area contributed by atoms with Gasteiger partial charge in [-0.2, -0.15) is 17.0 Å². The zero-order valence-electron chi connectivity index (χ0n) is 12.4. The summed E-state index contributed by atoms with van der Waals surface area (Å²) in [5.74, 6) is 2.06. The van der Waals surface area contributed by atoms with Crippen LogP contribution >= 0.6 is 11.8 Å². The minimum atomic E-state index is 0.683. The van der Waals surface area contributed by atoms with E-state index in [1.165, 1.54) is 25.0 Å². The van der Waals surface area contributed by atoms with Crippen LogP contribution in [0.2, 0.25) is 0 Å². The third-order valence-corrected chi connectivity index (χ3v) is 4.11. The highest BCUT2D eigenvalue weighted by Crippen LogP contribution is 2.20. The number of nitrogens with zero attached hydrogens (tertiary/aromatic N) is 2. The zero-order valence-corrected chi connectivity index (χ0v) is 13.2. The number of aromatic nitrogens is 1. The Kier molecular flexibility index (Phi) is 6.36. The molecule has 2 rings (SSSR count).